The van der Waals surface area contributed by atoms with Gasteiger partial charge in [-0.05, 0) is 54.0 Å². The third-order valence-electron chi connectivity index (χ3n) is 3.92. The van der Waals surface area contributed by atoms with Crippen LogP contribution in [-0.2, 0) is 4.79 Å². The molecule has 1 aromatic carbocycles. The zero-order valence-corrected chi connectivity index (χ0v) is 13.8. The molecule has 2 unspecified atom stereocenters. The number of nitrogens with zero attached hydrogens (tertiary/aromatic N) is 1. The summed E-state index contributed by atoms with van der Waals surface area (Å²) in [5.41, 5.74) is 7.01. The standard InChI is InChI=1S/C15H22BrN3O2/c1-19(13-4-2-3-5-14(13)20)9-15(21)18-12-7-6-10(17)8-11(12)16/h6-8,13-14,20H,2-5,9,17H2,1H3,(H,18,21). The Balaban J connectivity index is 1.91. The quantitative estimate of drug-likeness (QED) is 0.723. The van der Waals surface area contributed by atoms with Crippen LogP contribution in [0.4, 0.5) is 11.4 Å². The molecule has 1 saturated carbocycles. The average Bonchev–Trinajstić information content (AvgIpc) is 2.42. The molecule has 21 heavy (non-hydrogen) atoms. The Bertz CT molecular complexity index is 510. The smallest absolute Gasteiger partial charge is 0.238 e. The van der Waals surface area contributed by atoms with Gasteiger partial charge in [0, 0.05) is 16.2 Å². The van der Waals surface area contributed by atoms with Gasteiger partial charge in [0.25, 0.3) is 0 Å². The molecule has 5 nitrogen and oxygen atoms in total. The topological polar surface area (TPSA) is 78.6 Å². The number of anilines is 2. The van der Waals surface area contributed by atoms with Gasteiger partial charge in [-0.2, -0.15) is 0 Å². The number of aliphatic hydroxyl groups is 1. The SMILES string of the molecule is CN(CC(=O)Nc1ccc(N)cc1Br)C1CCCCC1O. The Morgan fingerprint density at radius 1 is 1.48 bits per heavy atom. The highest BCUT2D eigenvalue weighted by molar-refractivity contribution is 9.10. The van der Waals surface area contributed by atoms with Crippen LogP contribution >= 0.6 is 15.9 Å². The molecule has 1 aliphatic carbocycles. The minimum Gasteiger partial charge on any atom is -0.399 e. The lowest BCUT2D eigenvalue weighted by Gasteiger charge is -2.34. The van der Waals surface area contributed by atoms with Crippen molar-refractivity contribution < 1.29 is 9.90 Å². The number of aliphatic hydroxyl groups excluding tert-OH is 1. The average molecular weight is 356 g/mol. The molecule has 0 aromatic heterocycles. The van der Waals surface area contributed by atoms with Crippen LogP contribution in [-0.4, -0.2) is 41.7 Å². The number of hydrogen-bond donors (Lipinski definition) is 3. The van der Waals surface area contributed by atoms with Crippen molar-refractivity contribution in [1.29, 1.82) is 0 Å². The zero-order chi connectivity index (χ0) is 15.4. The third kappa shape index (κ3) is 4.43. The predicted molar refractivity (Wildman–Crippen MR) is 88.1 cm³/mol. The summed E-state index contributed by atoms with van der Waals surface area (Å²) in [6, 6.07) is 5.34. The van der Waals surface area contributed by atoms with Crippen molar-refractivity contribution in [2.45, 2.75) is 37.8 Å². The van der Waals surface area contributed by atoms with Gasteiger partial charge in [0.15, 0.2) is 0 Å². The summed E-state index contributed by atoms with van der Waals surface area (Å²) in [6.45, 7) is 0.262. The summed E-state index contributed by atoms with van der Waals surface area (Å²) < 4.78 is 0.760. The molecule has 2 atom stereocenters. The highest BCUT2D eigenvalue weighted by atomic mass is 79.9. The van der Waals surface area contributed by atoms with Crippen LogP contribution in [0, 0.1) is 0 Å². The van der Waals surface area contributed by atoms with E-state index in [1.54, 1.807) is 18.2 Å². The van der Waals surface area contributed by atoms with Crippen LogP contribution in [0.3, 0.4) is 0 Å². The van der Waals surface area contributed by atoms with Gasteiger partial charge in [0.2, 0.25) is 5.91 Å². The van der Waals surface area contributed by atoms with Crippen molar-refractivity contribution in [2.75, 3.05) is 24.6 Å². The highest BCUT2D eigenvalue weighted by Gasteiger charge is 2.27. The first-order chi connectivity index (χ1) is 9.97. The van der Waals surface area contributed by atoms with Gasteiger partial charge in [-0.1, -0.05) is 12.8 Å². The number of nitrogens with two attached hydrogens (primary N) is 1. The lowest BCUT2D eigenvalue weighted by Crippen LogP contribution is -2.46. The molecular weight excluding hydrogens is 334 g/mol. The molecule has 1 aliphatic rings. The summed E-state index contributed by atoms with van der Waals surface area (Å²) in [5.74, 6) is -0.0965. The largest absolute Gasteiger partial charge is 0.399 e. The van der Waals surface area contributed by atoms with Crippen molar-refractivity contribution in [3.8, 4) is 0 Å². The van der Waals surface area contributed by atoms with Gasteiger partial charge in [-0.3, -0.25) is 9.69 Å². The minimum atomic E-state index is -0.334. The normalized spacial score (nSPS) is 22.3. The Morgan fingerprint density at radius 2 is 2.19 bits per heavy atom. The number of nitrogen functional groups attached to an aromatic ring is 1. The lowest BCUT2D eigenvalue weighted by atomic mass is 9.91. The fourth-order valence-corrected chi connectivity index (χ4v) is 3.27. The Hall–Kier alpha value is -1.11. The molecule has 0 aliphatic heterocycles. The lowest BCUT2D eigenvalue weighted by molar-refractivity contribution is -0.118. The van der Waals surface area contributed by atoms with Crippen molar-refractivity contribution >= 4 is 33.2 Å². The van der Waals surface area contributed by atoms with E-state index >= 15 is 0 Å². The number of hydrogen-bond acceptors (Lipinski definition) is 4. The molecule has 0 radical (unpaired) electrons. The summed E-state index contributed by atoms with van der Waals surface area (Å²) >= 11 is 3.38. The molecular formula is C15H22BrN3O2. The van der Waals surface area contributed by atoms with Crippen LogP contribution in [0.5, 0.6) is 0 Å². The maximum Gasteiger partial charge on any atom is 0.238 e. The second kappa shape index (κ2) is 7.24. The van der Waals surface area contributed by atoms with E-state index in [2.05, 4.69) is 21.2 Å². The van der Waals surface area contributed by atoms with Crippen LogP contribution in [0.25, 0.3) is 0 Å². The van der Waals surface area contributed by atoms with E-state index in [0.717, 1.165) is 30.2 Å². The van der Waals surface area contributed by atoms with Crippen molar-refractivity contribution in [3.63, 3.8) is 0 Å². The number of carbonyl (C=O) groups is 1. The second-order valence-electron chi connectivity index (χ2n) is 5.62. The van der Waals surface area contributed by atoms with Gasteiger partial charge in [-0.15, -0.1) is 0 Å². The second-order valence-corrected chi connectivity index (χ2v) is 6.48. The van der Waals surface area contributed by atoms with Gasteiger partial charge in [0.1, 0.15) is 0 Å². The number of likely N-dealkylation sites (N-methyl/N-ethyl adjacent to an activating group) is 1. The summed E-state index contributed by atoms with van der Waals surface area (Å²) in [5, 5.41) is 12.9. The van der Waals surface area contributed by atoms with Gasteiger partial charge < -0.3 is 16.2 Å². The molecule has 4 N–H and O–H groups in total. The van der Waals surface area contributed by atoms with Gasteiger partial charge >= 0.3 is 0 Å². The van der Waals surface area contributed by atoms with Crippen LogP contribution < -0.4 is 11.1 Å². The molecule has 116 valence electrons. The number of rotatable bonds is 4. The van der Waals surface area contributed by atoms with Crippen molar-refractivity contribution in [2.24, 2.45) is 0 Å². The summed E-state index contributed by atoms with van der Waals surface area (Å²) in [7, 11) is 1.89. The molecule has 2 rings (SSSR count). The Kier molecular flexibility index (Phi) is 5.61. The monoisotopic (exact) mass is 355 g/mol. The molecule has 0 heterocycles. The van der Waals surface area contributed by atoms with E-state index < -0.39 is 0 Å². The van der Waals surface area contributed by atoms with Crippen LogP contribution in [0.2, 0.25) is 0 Å². The van der Waals surface area contributed by atoms with Gasteiger partial charge in [0.05, 0.1) is 18.3 Å². The zero-order valence-electron chi connectivity index (χ0n) is 12.2. The predicted octanol–water partition coefficient (Wildman–Crippen LogP) is 2.21. The minimum absolute atomic E-state index is 0.0689. The van der Waals surface area contributed by atoms with E-state index in [0.29, 0.717) is 11.4 Å². The number of carbonyl (C=O) groups excluding carboxylic acids is 1. The molecule has 1 fully saturated rings. The van der Waals surface area contributed by atoms with Crippen molar-refractivity contribution in [1.82, 2.24) is 4.90 Å². The molecule has 0 bridgehead atoms. The van der Waals surface area contributed by atoms with E-state index in [1.165, 1.54) is 0 Å². The number of benzene rings is 1. The van der Waals surface area contributed by atoms with Crippen molar-refractivity contribution in [3.05, 3.63) is 22.7 Å². The van der Waals surface area contributed by atoms with E-state index in [4.69, 9.17) is 5.73 Å². The number of amides is 1. The number of nitrogens with one attached hydrogen (secondary N) is 1. The van der Waals surface area contributed by atoms with Gasteiger partial charge in [-0.25, -0.2) is 0 Å². The van der Waals surface area contributed by atoms with Crippen LogP contribution in [0.15, 0.2) is 22.7 Å². The summed E-state index contributed by atoms with van der Waals surface area (Å²) in [4.78, 5) is 14.1. The Morgan fingerprint density at radius 3 is 2.86 bits per heavy atom. The fraction of sp³-hybridized carbons (Fsp3) is 0.533. The third-order valence-corrected chi connectivity index (χ3v) is 4.58. The van der Waals surface area contributed by atoms with E-state index in [1.807, 2.05) is 11.9 Å². The molecule has 1 amide bonds. The maximum absolute atomic E-state index is 12.1. The summed E-state index contributed by atoms with van der Waals surface area (Å²) in [6.07, 6.45) is 3.60. The van der Waals surface area contributed by atoms with E-state index in [-0.39, 0.29) is 24.6 Å². The molecule has 0 saturated heterocycles. The first kappa shape index (κ1) is 16.3. The fourth-order valence-electron chi connectivity index (χ4n) is 2.77. The first-order valence-electron chi connectivity index (χ1n) is 7.20. The van der Waals surface area contributed by atoms with Crippen LogP contribution in [0.1, 0.15) is 25.7 Å². The first-order valence-corrected chi connectivity index (χ1v) is 8.00. The number of halogens is 1. The maximum atomic E-state index is 12.1. The highest BCUT2D eigenvalue weighted by Crippen LogP contribution is 2.25. The Labute approximate surface area is 133 Å². The van der Waals surface area contributed by atoms with E-state index in [9.17, 15) is 9.90 Å². The molecule has 6 heteroatoms. The molecule has 0 spiro atoms. The molecule has 1 aromatic rings.